The van der Waals surface area contributed by atoms with E-state index in [1.54, 1.807) is 28.4 Å². The Balaban J connectivity index is 1.40. The molecule has 0 N–H and O–H groups in total. The molecule has 0 atom stereocenters. The van der Waals surface area contributed by atoms with E-state index in [9.17, 15) is 0 Å². The number of methoxy groups -OCH3 is 4. The molecule has 0 fully saturated rings. The second-order valence-electron chi connectivity index (χ2n) is 12.4. The van der Waals surface area contributed by atoms with Gasteiger partial charge in [0.1, 0.15) is 23.0 Å². The van der Waals surface area contributed by atoms with E-state index < -0.39 is 0 Å². The maximum absolute atomic E-state index is 5.49. The van der Waals surface area contributed by atoms with Crippen molar-refractivity contribution >= 4 is 55.9 Å². The highest BCUT2D eigenvalue weighted by molar-refractivity contribution is 6.10. The standard InChI is InChI=1S/C44H43N3O4/c1-6-7-28-45-43-29-35(46(31-8-18-37(48-2)19-9-31)32-10-20-38(49-3)21-11-32)16-26-41(43)42-27-17-36(30-44(42)45)47(33-12-22-39(50-4)23-13-33)34-14-24-40(51-5)25-15-34/h8-27,29-30H,6-7,28H2,1-5H3. The number of hydrogen-bond donors (Lipinski definition) is 0. The molecule has 0 saturated heterocycles. The molecule has 1 heterocycles. The summed E-state index contributed by atoms with van der Waals surface area (Å²) in [6.07, 6.45) is 2.16. The van der Waals surface area contributed by atoms with E-state index in [1.165, 1.54) is 21.8 Å². The second-order valence-corrected chi connectivity index (χ2v) is 12.4. The predicted octanol–water partition coefficient (Wildman–Crippen LogP) is 11.6. The minimum Gasteiger partial charge on any atom is -0.497 e. The molecule has 0 bridgehead atoms. The first kappa shape index (κ1) is 33.4. The summed E-state index contributed by atoms with van der Waals surface area (Å²) in [4.78, 5) is 4.56. The molecule has 0 spiro atoms. The molecule has 0 amide bonds. The third-order valence-corrected chi connectivity index (χ3v) is 9.41. The summed E-state index contributed by atoms with van der Waals surface area (Å²) in [7, 11) is 6.77. The van der Waals surface area contributed by atoms with E-state index in [1.807, 2.05) is 48.5 Å². The quantitative estimate of drug-likeness (QED) is 0.121. The molecular weight excluding hydrogens is 635 g/mol. The molecular formula is C44H43N3O4. The van der Waals surface area contributed by atoms with Gasteiger partial charge in [-0.25, -0.2) is 0 Å². The monoisotopic (exact) mass is 677 g/mol. The maximum atomic E-state index is 5.49. The zero-order chi connectivity index (χ0) is 35.3. The summed E-state index contributed by atoms with van der Waals surface area (Å²) in [5, 5.41) is 2.45. The Hall–Kier alpha value is -6.08. The number of aromatic nitrogens is 1. The number of hydrogen-bond acceptors (Lipinski definition) is 6. The van der Waals surface area contributed by atoms with Crippen LogP contribution in [0, 0.1) is 0 Å². The molecule has 0 unspecified atom stereocenters. The molecule has 258 valence electrons. The minimum atomic E-state index is 0.817. The Kier molecular flexibility index (Phi) is 9.70. The number of ether oxygens (including phenoxy) is 4. The Morgan fingerprint density at radius 3 is 0.980 bits per heavy atom. The number of rotatable bonds is 13. The van der Waals surface area contributed by atoms with Gasteiger partial charge in [0.15, 0.2) is 0 Å². The van der Waals surface area contributed by atoms with E-state index in [0.717, 1.165) is 76.5 Å². The summed E-state index contributed by atoms with van der Waals surface area (Å²) < 4.78 is 24.4. The smallest absolute Gasteiger partial charge is 0.119 e. The van der Waals surface area contributed by atoms with Crippen molar-refractivity contribution in [3.63, 3.8) is 0 Å². The molecule has 51 heavy (non-hydrogen) atoms. The molecule has 0 saturated carbocycles. The van der Waals surface area contributed by atoms with Gasteiger partial charge in [0.05, 0.1) is 39.5 Å². The first-order chi connectivity index (χ1) is 25.0. The second kappa shape index (κ2) is 14.8. The molecule has 1 aromatic heterocycles. The van der Waals surface area contributed by atoms with Crippen molar-refractivity contribution in [2.75, 3.05) is 38.2 Å². The Morgan fingerprint density at radius 2 is 0.706 bits per heavy atom. The highest BCUT2D eigenvalue weighted by Gasteiger charge is 2.20. The Labute approximate surface area is 299 Å². The van der Waals surface area contributed by atoms with Crippen LogP contribution in [-0.2, 0) is 6.54 Å². The van der Waals surface area contributed by atoms with Crippen molar-refractivity contribution < 1.29 is 18.9 Å². The fourth-order valence-electron chi connectivity index (χ4n) is 6.73. The summed E-state index contributed by atoms with van der Waals surface area (Å²) in [5.41, 5.74) is 8.67. The lowest BCUT2D eigenvalue weighted by Crippen LogP contribution is -2.10. The summed E-state index contributed by atoms with van der Waals surface area (Å²) in [6, 6.07) is 46.4. The zero-order valence-electron chi connectivity index (χ0n) is 29.8. The summed E-state index contributed by atoms with van der Waals surface area (Å²) in [6.45, 7) is 3.15. The van der Waals surface area contributed by atoms with E-state index in [-0.39, 0.29) is 0 Å². The van der Waals surface area contributed by atoms with E-state index in [0.29, 0.717) is 0 Å². The van der Waals surface area contributed by atoms with Crippen LogP contribution in [0.25, 0.3) is 21.8 Å². The maximum Gasteiger partial charge on any atom is 0.119 e. The molecule has 7 heteroatoms. The average molecular weight is 678 g/mol. The zero-order valence-corrected chi connectivity index (χ0v) is 29.8. The van der Waals surface area contributed by atoms with Crippen molar-refractivity contribution in [2.45, 2.75) is 26.3 Å². The van der Waals surface area contributed by atoms with Crippen LogP contribution in [0.4, 0.5) is 34.1 Å². The first-order valence-corrected chi connectivity index (χ1v) is 17.3. The first-order valence-electron chi connectivity index (χ1n) is 17.3. The van der Waals surface area contributed by atoms with Gasteiger partial charge in [-0.2, -0.15) is 0 Å². The van der Waals surface area contributed by atoms with Crippen LogP contribution in [0.2, 0.25) is 0 Å². The molecule has 0 aliphatic carbocycles. The Morgan fingerprint density at radius 1 is 0.412 bits per heavy atom. The number of unbranched alkanes of at least 4 members (excludes halogenated alkanes) is 1. The van der Waals surface area contributed by atoms with Gasteiger partial charge in [-0.05, 0) is 128 Å². The van der Waals surface area contributed by atoms with Crippen LogP contribution in [0.1, 0.15) is 19.8 Å². The molecule has 0 aliphatic heterocycles. The van der Waals surface area contributed by atoms with Gasteiger partial charge in [-0.1, -0.05) is 25.5 Å². The largest absolute Gasteiger partial charge is 0.497 e. The molecule has 6 aromatic carbocycles. The topological polar surface area (TPSA) is 48.3 Å². The molecule has 7 rings (SSSR count). The lowest BCUT2D eigenvalue weighted by Gasteiger charge is -2.26. The Bertz CT molecular complexity index is 1970. The highest BCUT2D eigenvalue weighted by atomic mass is 16.5. The number of aryl methyl sites for hydroxylation is 1. The number of anilines is 6. The van der Waals surface area contributed by atoms with Gasteiger partial charge in [0, 0.05) is 51.4 Å². The third-order valence-electron chi connectivity index (χ3n) is 9.41. The SMILES string of the molecule is CCCCn1c2cc(N(c3ccc(OC)cc3)c3ccc(OC)cc3)ccc2c2ccc(N(c3ccc(OC)cc3)c3ccc(OC)cc3)cc21. The van der Waals surface area contributed by atoms with Gasteiger partial charge in [-0.3, -0.25) is 0 Å². The third kappa shape index (κ3) is 6.63. The van der Waals surface area contributed by atoms with Crippen molar-refractivity contribution in [3.05, 3.63) is 133 Å². The van der Waals surface area contributed by atoms with Crippen LogP contribution in [-0.4, -0.2) is 33.0 Å². The van der Waals surface area contributed by atoms with Crippen molar-refractivity contribution in [1.29, 1.82) is 0 Å². The fraction of sp³-hybridized carbons (Fsp3) is 0.182. The predicted molar refractivity (Wildman–Crippen MR) is 210 cm³/mol. The van der Waals surface area contributed by atoms with Crippen molar-refractivity contribution in [3.8, 4) is 23.0 Å². The van der Waals surface area contributed by atoms with Gasteiger partial charge >= 0.3 is 0 Å². The average Bonchev–Trinajstić information content (AvgIpc) is 3.50. The van der Waals surface area contributed by atoms with E-state index in [4.69, 9.17) is 18.9 Å². The van der Waals surface area contributed by atoms with Crippen LogP contribution in [0.5, 0.6) is 23.0 Å². The van der Waals surface area contributed by atoms with Crippen LogP contribution < -0.4 is 28.7 Å². The fourth-order valence-corrected chi connectivity index (χ4v) is 6.73. The van der Waals surface area contributed by atoms with E-state index >= 15 is 0 Å². The minimum absolute atomic E-state index is 0.817. The van der Waals surface area contributed by atoms with Crippen LogP contribution in [0.15, 0.2) is 133 Å². The van der Waals surface area contributed by atoms with Gasteiger partial charge in [0.25, 0.3) is 0 Å². The lowest BCUT2D eigenvalue weighted by atomic mass is 10.1. The van der Waals surface area contributed by atoms with Gasteiger partial charge in [0.2, 0.25) is 0 Å². The number of nitrogens with zero attached hydrogens (tertiary/aromatic N) is 3. The summed E-state index contributed by atoms with van der Waals surface area (Å²) in [5.74, 6) is 3.27. The molecule has 7 aromatic rings. The normalized spacial score (nSPS) is 11.1. The van der Waals surface area contributed by atoms with Gasteiger partial charge in [-0.15, -0.1) is 0 Å². The van der Waals surface area contributed by atoms with Gasteiger partial charge < -0.3 is 33.3 Å². The van der Waals surface area contributed by atoms with Crippen LogP contribution in [0.3, 0.4) is 0 Å². The van der Waals surface area contributed by atoms with E-state index in [2.05, 4.69) is 106 Å². The lowest BCUT2D eigenvalue weighted by molar-refractivity contribution is 0.414. The highest BCUT2D eigenvalue weighted by Crippen LogP contribution is 2.42. The van der Waals surface area contributed by atoms with Crippen molar-refractivity contribution in [1.82, 2.24) is 4.57 Å². The number of fused-ring (bicyclic) bond motifs is 3. The van der Waals surface area contributed by atoms with Crippen molar-refractivity contribution in [2.24, 2.45) is 0 Å². The molecule has 0 radical (unpaired) electrons. The van der Waals surface area contributed by atoms with Crippen LogP contribution >= 0.6 is 0 Å². The molecule has 7 nitrogen and oxygen atoms in total. The molecule has 0 aliphatic rings. The number of benzene rings is 6. The summed E-state index contributed by atoms with van der Waals surface area (Å²) >= 11 is 0.